The largest absolute Gasteiger partial charge is 0.489 e. The molecule has 0 fully saturated rings. The molecule has 0 unspecified atom stereocenters. The van der Waals surface area contributed by atoms with Crippen LogP contribution >= 0.6 is 11.6 Å². The van der Waals surface area contributed by atoms with Crippen molar-refractivity contribution >= 4 is 11.6 Å². The molecule has 0 spiro atoms. The number of hydrogen-bond donors (Lipinski definition) is 4. The Morgan fingerprint density at radius 3 is 1.88 bits per heavy atom. The van der Waals surface area contributed by atoms with Crippen LogP contribution in [0, 0.1) is 20.8 Å². The first-order valence-corrected chi connectivity index (χ1v) is 17.3. The zero-order valence-electron chi connectivity index (χ0n) is 29.0. The van der Waals surface area contributed by atoms with Gasteiger partial charge in [-0.05, 0) is 83.5 Å². The molecule has 4 N–H and O–H groups in total. The van der Waals surface area contributed by atoms with Crippen LogP contribution in [0.1, 0.15) is 44.5 Å². The van der Waals surface area contributed by atoms with Crippen molar-refractivity contribution in [3.8, 4) is 28.4 Å². The summed E-state index contributed by atoms with van der Waals surface area (Å²) in [5.41, 5.74) is 10.8. The fourth-order valence-corrected chi connectivity index (χ4v) is 6.02. The topological polar surface area (TPSA) is 105 Å². The monoisotopic (exact) mass is 695 g/mol. The number of hydrogen-bond acceptors (Lipinski definition) is 8. The molecule has 4 aromatic carbocycles. The molecule has 5 rings (SSSR count). The third kappa shape index (κ3) is 9.84. The number of benzene rings is 4. The average molecular weight is 696 g/mol. The SMILES string of the molecule is Cc1cc(CNCCO)ccc1OCc1cccc(-c2cccc(COc3cc(OCc4cccnc4)c(CNCCO)cc3Cl)c2C)c1C. The number of aliphatic hydroxyl groups excluding tert-OH is 2. The van der Waals surface area contributed by atoms with Gasteiger partial charge in [0.25, 0.3) is 0 Å². The molecule has 5 aromatic rings. The first kappa shape index (κ1) is 36.8. The van der Waals surface area contributed by atoms with Crippen molar-refractivity contribution in [2.75, 3.05) is 26.3 Å². The number of rotatable bonds is 18. The van der Waals surface area contributed by atoms with Crippen LogP contribution in [-0.4, -0.2) is 41.5 Å². The number of nitrogens with zero attached hydrogens (tertiary/aromatic N) is 1. The van der Waals surface area contributed by atoms with Crippen LogP contribution in [0.5, 0.6) is 17.2 Å². The van der Waals surface area contributed by atoms with Crippen molar-refractivity contribution in [1.82, 2.24) is 15.6 Å². The van der Waals surface area contributed by atoms with E-state index in [0.29, 0.717) is 62.5 Å². The number of halogens is 1. The van der Waals surface area contributed by atoms with Crippen LogP contribution in [0.4, 0.5) is 0 Å². The highest BCUT2D eigenvalue weighted by molar-refractivity contribution is 6.32. The predicted octanol–water partition coefficient (Wildman–Crippen LogP) is 7.23. The highest BCUT2D eigenvalue weighted by Gasteiger charge is 2.15. The number of aryl methyl sites for hydroxylation is 1. The lowest BCUT2D eigenvalue weighted by molar-refractivity contribution is 0.282. The second-order valence-corrected chi connectivity index (χ2v) is 12.6. The van der Waals surface area contributed by atoms with Crippen molar-refractivity contribution < 1.29 is 24.4 Å². The lowest BCUT2D eigenvalue weighted by atomic mass is 9.92. The molecule has 0 aliphatic rings. The summed E-state index contributed by atoms with van der Waals surface area (Å²) in [6.07, 6.45) is 3.51. The zero-order chi connectivity index (χ0) is 35.3. The fourth-order valence-electron chi connectivity index (χ4n) is 5.78. The first-order valence-electron chi connectivity index (χ1n) is 16.9. The van der Waals surface area contributed by atoms with Crippen LogP contribution in [0.2, 0.25) is 5.02 Å². The van der Waals surface area contributed by atoms with Gasteiger partial charge >= 0.3 is 0 Å². The minimum absolute atomic E-state index is 0.0386. The fraction of sp³-hybridized carbons (Fsp3) is 0.293. The Morgan fingerprint density at radius 1 is 0.620 bits per heavy atom. The number of ether oxygens (including phenoxy) is 3. The molecule has 0 aliphatic heterocycles. The van der Waals surface area contributed by atoms with E-state index in [9.17, 15) is 5.11 Å². The van der Waals surface area contributed by atoms with Crippen molar-refractivity contribution in [2.45, 2.75) is 53.7 Å². The molecule has 0 saturated heterocycles. The highest BCUT2D eigenvalue weighted by Crippen LogP contribution is 2.35. The van der Waals surface area contributed by atoms with E-state index in [1.807, 2.05) is 30.3 Å². The van der Waals surface area contributed by atoms with Crippen LogP contribution in [-0.2, 0) is 32.9 Å². The molecule has 1 aromatic heterocycles. The van der Waals surface area contributed by atoms with Gasteiger partial charge in [-0.1, -0.05) is 66.2 Å². The van der Waals surface area contributed by atoms with Crippen LogP contribution in [0.3, 0.4) is 0 Å². The quantitative estimate of drug-likeness (QED) is 0.0713. The van der Waals surface area contributed by atoms with Gasteiger partial charge in [-0.15, -0.1) is 0 Å². The first-order chi connectivity index (χ1) is 24.4. The van der Waals surface area contributed by atoms with Gasteiger partial charge in [0.2, 0.25) is 0 Å². The summed E-state index contributed by atoms with van der Waals surface area (Å²) in [4.78, 5) is 4.18. The molecule has 262 valence electrons. The lowest BCUT2D eigenvalue weighted by Crippen LogP contribution is -2.18. The second-order valence-electron chi connectivity index (χ2n) is 12.2. The molecule has 1 heterocycles. The maximum absolute atomic E-state index is 9.24. The Hall–Kier alpha value is -4.44. The zero-order valence-corrected chi connectivity index (χ0v) is 29.7. The van der Waals surface area contributed by atoms with E-state index in [1.54, 1.807) is 12.4 Å². The van der Waals surface area contributed by atoms with E-state index in [4.69, 9.17) is 30.9 Å². The average Bonchev–Trinajstić information content (AvgIpc) is 3.12. The molecule has 0 aliphatic carbocycles. The van der Waals surface area contributed by atoms with E-state index in [0.717, 1.165) is 55.8 Å². The number of aliphatic hydroxyl groups is 2. The predicted molar refractivity (Wildman–Crippen MR) is 199 cm³/mol. The molecule has 0 saturated carbocycles. The van der Waals surface area contributed by atoms with E-state index < -0.39 is 0 Å². The van der Waals surface area contributed by atoms with Gasteiger partial charge in [0.1, 0.15) is 37.1 Å². The third-order valence-corrected chi connectivity index (χ3v) is 8.94. The minimum Gasteiger partial charge on any atom is -0.489 e. The summed E-state index contributed by atoms with van der Waals surface area (Å²) in [5.74, 6) is 2.04. The number of aromatic nitrogens is 1. The van der Waals surface area contributed by atoms with Gasteiger partial charge in [0.05, 0.1) is 18.2 Å². The van der Waals surface area contributed by atoms with Gasteiger partial charge in [0, 0.05) is 55.8 Å². The maximum atomic E-state index is 9.24. The van der Waals surface area contributed by atoms with Crippen LogP contribution < -0.4 is 24.8 Å². The van der Waals surface area contributed by atoms with E-state index >= 15 is 0 Å². The van der Waals surface area contributed by atoms with Crippen molar-refractivity contribution in [3.05, 3.63) is 141 Å². The molecule has 0 radical (unpaired) electrons. The van der Waals surface area contributed by atoms with E-state index in [2.05, 4.69) is 84.9 Å². The van der Waals surface area contributed by atoms with Crippen molar-refractivity contribution in [1.29, 1.82) is 0 Å². The van der Waals surface area contributed by atoms with E-state index in [-0.39, 0.29) is 13.2 Å². The van der Waals surface area contributed by atoms with Gasteiger partial charge in [-0.3, -0.25) is 4.98 Å². The third-order valence-electron chi connectivity index (χ3n) is 8.64. The normalized spacial score (nSPS) is 11.1. The molecule has 9 heteroatoms. The van der Waals surface area contributed by atoms with Gasteiger partial charge in [-0.25, -0.2) is 0 Å². The lowest BCUT2D eigenvalue weighted by Gasteiger charge is -2.18. The van der Waals surface area contributed by atoms with Gasteiger partial charge in [-0.2, -0.15) is 0 Å². The Bertz CT molecular complexity index is 1850. The molecule has 0 atom stereocenters. The van der Waals surface area contributed by atoms with Gasteiger partial charge in [0.15, 0.2) is 0 Å². The molecule has 8 nitrogen and oxygen atoms in total. The maximum Gasteiger partial charge on any atom is 0.142 e. The van der Waals surface area contributed by atoms with E-state index in [1.165, 1.54) is 5.56 Å². The highest BCUT2D eigenvalue weighted by atomic mass is 35.5. The second kappa shape index (κ2) is 18.5. The summed E-state index contributed by atoms with van der Waals surface area (Å²) in [7, 11) is 0. The van der Waals surface area contributed by atoms with Crippen molar-refractivity contribution in [2.24, 2.45) is 0 Å². The molecular weight excluding hydrogens is 650 g/mol. The molecule has 0 bridgehead atoms. The Labute approximate surface area is 300 Å². The molecule has 50 heavy (non-hydrogen) atoms. The summed E-state index contributed by atoms with van der Waals surface area (Å²) in [6.45, 7) is 9.84. The number of nitrogens with one attached hydrogen (secondary N) is 2. The molecule has 0 amide bonds. The summed E-state index contributed by atoms with van der Waals surface area (Å²) in [5, 5.41) is 25.2. The number of pyridine rings is 1. The standard InChI is InChI=1S/C41H46ClN3O5/c1-28-19-31(22-44-15-17-46)12-13-39(28)49-26-33-8-4-10-36(29(33)2)37-11-5-9-34(30(37)3)27-50-41-21-40(48-25-32-7-6-14-43-23-32)35(20-38(41)42)24-45-16-18-47/h4-14,19-21,23,44-47H,15-18,22,24-27H2,1-3H3. The summed E-state index contributed by atoms with van der Waals surface area (Å²) in [6, 6.07) is 26.3. The minimum atomic E-state index is 0.0386. The summed E-state index contributed by atoms with van der Waals surface area (Å²) >= 11 is 6.73. The van der Waals surface area contributed by atoms with Crippen LogP contribution in [0.25, 0.3) is 11.1 Å². The van der Waals surface area contributed by atoms with Crippen LogP contribution in [0.15, 0.2) is 91.3 Å². The van der Waals surface area contributed by atoms with Crippen molar-refractivity contribution in [3.63, 3.8) is 0 Å². The molecular formula is C41H46ClN3O5. The van der Waals surface area contributed by atoms with Gasteiger partial charge < -0.3 is 35.1 Å². The Balaban J connectivity index is 1.30. The Morgan fingerprint density at radius 2 is 1.26 bits per heavy atom. The Kier molecular flexibility index (Phi) is 13.6. The smallest absolute Gasteiger partial charge is 0.142 e. The summed E-state index contributed by atoms with van der Waals surface area (Å²) < 4.78 is 18.8.